The molecule has 5 aliphatic rings. The van der Waals surface area contributed by atoms with Crippen LogP contribution < -0.4 is 24.8 Å². The first-order valence-electron chi connectivity index (χ1n) is 12.1. The van der Waals surface area contributed by atoms with Crippen LogP contribution in [0, 0.1) is 33.5 Å². The van der Waals surface area contributed by atoms with E-state index < -0.39 is 23.2 Å². The van der Waals surface area contributed by atoms with Gasteiger partial charge >= 0.3 is 192 Å². The molecule has 0 N–H and O–H groups in total. The summed E-state index contributed by atoms with van der Waals surface area (Å²) in [7, 11) is 0. The van der Waals surface area contributed by atoms with Gasteiger partial charge < -0.3 is 24.8 Å². The Morgan fingerprint density at radius 3 is 1.45 bits per heavy atom. The van der Waals surface area contributed by atoms with Gasteiger partial charge in [-0.25, -0.2) is 0 Å². The van der Waals surface area contributed by atoms with Gasteiger partial charge in [0.2, 0.25) is 0 Å². The van der Waals surface area contributed by atoms with Gasteiger partial charge in [-0.3, -0.25) is 0 Å². The van der Waals surface area contributed by atoms with E-state index in [1.807, 2.05) is 11.1 Å². The number of fused-ring (bicyclic) bond motifs is 6. The van der Waals surface area contributed by atoms with E-state index in [1.165, 1.54) is 38.5 Å². The summed E-state index contributed by atoms with van der Waals surface area (Å²) in [6.07, 6.45) is 23.3. The van der Waals surface area contributed by atoms with Crippen molar-refractivity contribution in [3.63, 3.8) is 0 Å². The average molecular weight is 539 g/mol. The van der Waals surface area contributed by atoms with Gasteiger partial charge in [0.1, 0.15) is 0 Å². The molecule has 3 fully saturated rings. The largest absolute Gasteiger partial charge is 1.00 e. The van der Waals surface area contributed by atoms with Crippen molar-refractivity contribution in [3.8, 4) is 0 Å². The Bertz CT molecular complexity index is 764. The quantitative estimate of drug-likeness (QED) is 0.444. The predicted molar refractivity (Wildman–Crippen MR) is 120 cm³/mol. The van der Waals surface area contributed by atoms with Gasteiger partial charge in [0, 0.05) is 0 Å². The molecule has 0 nitrogen and oxygen atoms in total. The second-order valence-electron chi connectivity index (χ2n) is 12.9. The number of hydrogen-bond acceptors (Lipinski definition) is 0. The summed E-state index contributed by atoms with van der Waals surface area (Å²) in [5.41, 5.74) is 5.78. The van der Waals surface area contributed by atoms with E-state index in [0.717, 1.165) is 19.1 Å². The fraction of sp³-hybridized carbons (Fsp3) is 0.714. The summed E-state index contributed by atoms with van der Waals surface area (Å²) in [4.78, 5) is 0. The number of hydrogen-bond donors (Lipinski definition) is 0. The van der Waals surface area contributed by atoms with Gasteiger partial charge in [-0.1, -0.05) is 0 Å². The first-order chi connectivity index (χ1) is 13.6. The van der Waals surface area contributed by atoms with E-state index in [0.29, 0.717) is 21.7 Å². The summed E-state index contributed by atoms with van der Waals surface area (Å²) in [5.74, 6) is 1.63. The zero-order valence-electron chi connectivity index (χ0n) is 20.3. The molecular weight excluding hydrogens is 498 g/mol. The summed E-state index contributed by atoms with van der Waals surface area (Å²) >= 11 is -0.613. The average Bonchev–Trinajstić information content (AvgIpc) is 2.92. The Hall–Kier alpha value is 0.423. The molecule has 4 aliphatic carbocycles. The molecule has 6 atom stereocenters. The van der Waals surface area contributed by atoms with Crippen LogP contribution in [-0.2, 0) is 23.2 Å². The molecule has 5 rings (SSSR count). The van der Waals surface area contributed by atoms with Gasteiger partial charge in [0.15, 0.2) is 0 Å². The van der Waals surface area contributed by atoms with E-state index >= 15 is 0 Å². The molecule has 170 valence electrons. The molecule has 0 amide bonds. The summed E-state index contributed by atoms with van der Waals surface area (Å²) in [6, 6.07) is 0. The number of halogens is 2. The Labute approximate surface area is 215 Å². The zero-order chi connectivity index (χ0) is 20.7. The summed E-state index contributed by atoms with van der Waals surface area (Å²) in [5, 5.41) is 0. The van der Waals surface area contributed by atoms with Crippen LogP contribution in [0.15, 0.2) is 47.6 Å². The minimum absolute atomic E-state index is 0. The van der Waals surface area contributed by atoms with Crippen molar-refractivity contribution in [3.05, 3.63) is 47.6 Å². The van der Waals surface area contributed by atoms with Crippen molar-refractivity contribution in [1.29, 1.82) is 0 Å². The molecule has 6 unspecified atom stereocenters. The molecular formula is C28H40Cl2Zr. The fourth-order valence-electron chi connectivity index (χ4n) is 7.70. The molecule has 0 aromatic carbocycles. The third-order valence-corrected chi connectivity index (χ3v) is 16.5. The van der Waals surface area contributed by atoms with E-state index in [4.69, 9.17) is 0 Å². The predicted octanol–water partition coefficient (Wildman–Crippen LogP) is 2.33. The second kappa shape index (κ2) is 8.57. The Balaban J connectivity index is 0.00000136. The molecule has 1 aliphatic heterocycles. The third kappa shape index (κ3) is 4.10. The molecule has 0 radical (unpaired) electrons. The van der Waals surface area contributed by atoms with Crippen LogP contribution in [0.4, 0.5) is 0 Å². The Morgan fingerprint density at radius 1 is 0.677 bits per heavy atom. The van der Waals surface area contributed by atoms with Gasteiger partial charge in [-0.2, -0.15) is 0 Å². The standard InChI is InChI=1S/C28H40.2ClH.Zr/c1-25(2)13-9-7-11-21-17-27(5,19-23(21)25)15-16-28(6)18-22-12-8-10-14-26(3,4)24(22)20-28;;;/h7-12,17-18,23-24H,13-16,19-20H2,1-6H3;2*1H;/q;;;+2/p-2. The maximum atomic E-state index is 2.70. The molecule has 0 bridgehead atoms. The van der Waals surface area contributed by atoms with Crippen LogP contribution in [0.25, 0.3) is 0 Å². The molecule has 3 heteroatoms. The Morgan fingerprint density at radius 2 is 1.06 bits per heavy atom. The molecule has 2 saturated carbocycles. The molecule has 1 heterocycles. The molecule has 0 aromatic heterocycles. The minimum Gasteiger partial charge on any atom is -1.00 e. The zero-order valence-corrected chi connectivity index (χ0v) is 24.2. The fourth-order valence-corrected chi connectivity index (χ4v) is 14.2. The van der Waals surface area contributed by atoms with Gasteiger partial charge in [0.25, 0.3) is 0 Å². The minimum atomic E-state index is -0.613. The van der Waals surface area contributed by atoms with E-state index in [-0.39, 0.29) is 24.8 Å². The molecule has 0 aromatic rings. The van der Waals surface area contributed by atoms with Crippen LogP contribution in [0.3, 0.4) is 0 Å². The topological polar surface area (TPSA) is 0 Å². The summed E-state index contributed by atoms with van der Waals surface area (Å²) in [6.45, 7) is 15.5. The maximum Gasteiger partial charge on any atom is -1.00 e. The van der Waals surface area contributed by atoms with Gasteiger partial charge in [-0.05, 0) is 0 Å². The monoisotopic (exact) mass is 536 g/mol. The van der Waals surface area contributed by atoms with Crippen molar-refractivity contribution in [2.75, 3.05) is 0 Å². The van der Waals surface area contributed by atoms with Crippen molar-refractivity contribution < 1.29 is 48.0 Å². The van der Waals surface area contributed by atoms with Crippen molar-refractivity contribution in [1.82, 2.24) is 0 Å². The van der Waals surface area contributed by atoms with Gasteiger partial charge in [-0.15, -0.1) is 0 Å². The van der Waals surface area contributed by atoms with Crippen LogP contribution in [-0.4, -0.2) is 0 Å². The van der Waals surface area contributed by atoms with Crippen molar-refractivity contribution in [2.24, 2.45) is 33.5 Å². The van der Waals surface area contributed by atoms with E-state index in [1.54, 1.807) is 0 Å². The van der Waals surface area contributed by atoms with Crippen LogP contribution in [0.1, 0.15) is 80.1 Å². The van der Waals surface area contributed by atoms with Crippen LogP contribution in [0.5, 0.6) is 0 Å². The van der Waals surface area contributed by atoms with Crippen LogP contribution >= 0.6 is 0 Å². The van der Waals surface area contributed by atoms with E-state index in [2.05, 4.69) is 78.0 Å². The smallest absolute Gasteiger partial charge is 1.00 e. The number of rotatable bonds is 0. The third-order valence-electron chi connectivity index (χ3n) is 9.83. The first-order valence-corrected chi connectivity index (χ1v) is 14.9. The molecule has 1 saturated heterocycles. The van der Waals surface area contributed by atoms with Gasteiger partial charge in [0.05, 0.1) is 0 Å². The second-order valence-corrected chi connectivity index (χ2v) is 16.6. The summed E-state index contributed by atoms with van der Waals surface area (Å²) < 4.78 is 1.89. The Kier molecular flexibility index (Phi) is 7.20. The maximum absolute atomic E-state index is 2.70. The molecule has 0 spiro atoms. The molecule has 31 heavy (non-hydrogen) atoms. The van der Waals surface area contributed by atoms with E-state index in [9.17, 15) is 0 Å². The number of allylic oxidation sites excluding steroid dienone is 8. The van der Waals surface area contributed by atoms with Crippen molar-refractivity contribution >= 4 is 0 Å². The van der Waals surface area contributed by atoms with Crippen LogP contribution in [0.2, 0.25) is 7.25 Å². The normalized spacial score (nSPS) is 43.4. The van der Waals surface area contributed by atoms with Crippen molar-refractivity contribution in [2.45, 2.75) is 87.3 Å². The first kappa shape index (κ1) is 26.0. The SMILES string of the molecule is CC1(C)CC=CC=C2C1CC1(C)CCC3(C)CC4C(=CC=CCC4(C)C)[CH]3[Zr+2][CH]21.[Cl-].[Cl-].